The number of piperazine rings is 1. The van der Waals surface area contributed by atoms with Crippen LogP contribution >= 0.6 is 0 Å². The Balaban J connectivity index is 1.55. The molecule has 2 fully saturated rings. The van der Waals surface area contributed by atoms with Crippen molar-refractivity contribution in [3.05, 3.63) is 24.3 Å². The molecule has 6 heteroatoms. The summed E-state index contributed by atoms with van der Waals surface area (Å²) in [5.74, 6) is 0.588. The van der Waals surface area contributed by atoms with Crippen LogP contribution in [0.5, 0.6) is 5.75 Å². The Bertz CT molecular complexity index is 573. The second kappa shape index (κ2) is 7.00. The van der Waals surface area contributed by atoms with Gasteiger partial charge in [-0.1, -0.05) is 6.42 Å². The first-order valence-electron chi connectivity index (χ1n) is 8.25. The second-order valence-electron chi connectivity index (χ2n) is 6.34. The van der Waals surface area contributed by atoms with Gasteiger partial charge in [0.2, 0.25) is 5.91 Å². The second-order valence-corrected chi connectivity index (χ2v) is 6.34. The number of quaternary nitrogens is 1. The van der Waals surface area contributed by atoms with Crippen LogP contribution in [0.4, 0.5) is 5.69 Å². The van der Waals surface area contributed by atoms with E-state index in [1.165, 1.54) is 12.8 Å². The highest BCUT2D eigenvalue weighted by Crippen LogP contribution is 2.19. The number of hydrogen-bond donors (Lipinski definition) is 3. The number of anilines is 1. The van der Waals surface area contributed by atoms with E-state index >= 15 is 0 Å². The molecule has 1 heterocycles. The Kier molecular flexibility index (Phi) is 4.81. The number of ether oxygens (including phenoxy) is 1. The molecule has 2 aliphatic rings. The average molecular weight is 318 g/mol. The lowest BCUT2D eigenvalue weighted by Crippen LogP contribution is -3.03. The minimum absolute atomic E-state index is 0.0157. The van der Waals surface area contributed by atoms with E-state index in [0.717, 1.165) is 18.6 Å². The summed E-state index contributed by atoms with van der Waals surface area (Å²) in [6, 6.07) is 7.53. The molecule has 4 N–H and O–H groups in total. The highest BCUT2D eigenvalue weighted by Gasteiger charge is 2.40. The maximum atomic E-state index is 12.2. The van der Waals surface area contributed by atoms with E-state index in [4.69, 9.17) is 4.74 Å². The number of carbonyl (C=O) groups is 2. The third kappa shape index (κ3) is 3.82. The van der Waals surface area contributed by atoms with Crippen molar-refractivity contribution < 1.29 is 19.6 Å². The molecule has 1 saturated carbocycles. The van der Waals surface area contributed by atoms with E-state index in [-0.39, 0.29) is 30.3 Å². The summed E-state index contributed by atoms with van der Waals surface area (Å²) in [6.45, 7) is 0. The van der Waals surface area contributed by atoms with Gasteiger partial charge >= 0.3 is 0 Å². The lowest BCUT2D eigenvalue weighted by molar-refractivity contribution is -0.718. The zero-order valence-corrected chi connectivity index (χ0v) is 13.4. The summed E-state index contributed by atoms with van der Waals surface area (Å²) in [6.07, 6.45) is 4.75. The van der Waals surface area contributed by atoms with Crippen LogP contribution in [0.1, 0.15) is 32.1 Å². The molecule has 0 spiro atoms. The molecule has 0 bridgehead atoms. The molecule has 3 atom stereocenters. The number of nitrogens with two attached hydrogens (primary N) is 1. The highest BCUT2D eigenvalue weighted by atomic mass is 16.5. The molecule has 1 aromatic rings. The molecule has 3 rings (SSSR count). The Morgan fingerprint density at radius 2 is 2.04 bits per heavy atom. The summed E-state index contributed by atoms with van der Waals surface area (Å²) < 4.78 is 5.09. The summed E-state index contributed by atoms with van der Waals surface area (Å²) >= 11 is 0. The lowest BCUT2D eigenvalue weighted by Gasteiger charge is -2.37. The zero-order valence-electron chi connectivity index (χ0n) is 13.4. The molecule has 1 aliphatic carbocycles. The monoisotopic (exact) mass is 318 g/mol. The smallest absolute Gasteiger partial charge is 0.279 e. The number of amides is 2. The van der Waals surface area contributed by atoms with Crippen molar-refractivity contribution in [1.29, 1.82) is 0 Å². The fraction of sp³-hybridized carbons (Fsp3) is 0.529. The molecule has 0 aromatic heterocycles. The Morgan fingerprint density at radius 1 is 1.30 bits per heavy atom. The first kappa shape index (κ1) is 15.8. The normalized spacial score (nSPS) is 26.8. The van der Waals surface area contributed by atoms with Gasteiger partial charge in [0.1, 0.15) is 11.8 Å². The Labute approximate surface area is 136 Å². The number of nitrogens with one attached hydrogen (secondary N) is 2. The summed E-state index contributed by atoms with van der Waals surface area (Å²) in [5.41, 5.74) is 0.711. The molecule has 1 aliphatic heterocycles. The minimum atomic E-state index is -0.326. The van der Waals surface area contributed by atoms with E-state index in [0.29, 0.717) is 11.7 Å². The molecule has 0 unspecified atom stereocenters. The van der Waals surface area contributed by atoms with Crippen LogP contribution < -0.4 is 20.7 Å². The summed E-state index contributed by atoms with van der Waals surface area (Å²) in [5, 5.41) is 8.02. The van der Waals surface area contributed by atoms with Gasteiger partial charge in [0.25, 0.3) is 5.91 Å². The van der Waals surface area contributed by atoms with Gasteiger partial charge in [-0.2, -0.15) is 0 Å². The maximum absolute atomic E-state index is 12.2. The SMILES string of the molecule is COc1ccc(NC(=O)C[C@H]2[NH2+][C@H]3CCCC[C@H]3NC2=O)cc1. The van der Waals surface area contributed by atoms with Crippen LogP contribution in [0, 0.1) is 0 Å². The van der Waals surface area contributed by atoms with Gasteiger partial charge in [-0.15, -0.1) is 0 Å². The van der Waals surface area contributed by atoms with E-state index in [9.17, 15) is 9.59 Å². The van der Waals surface area contributed by atoms with Gasteiger partial charge in [0.15, 0.2) is 6.04 Å². The van der Waals surface area contributed by atoms with Crippen molar-refractivity contribution in [3.63, 3.8) is 0 Å². The maximum Gasteiger partial charge on any atom is 0.279 e. The predicted octanol–water partition coefficient (Wildman–Crippen LogP) is 0.397. The zero-order chi connectivity index (χ0) is 16.2. The quantitative estimate of drug-likeness (QED) is 0.751. The number of methoxy groups -OCH3 is 1. The number of carbonyl (C=O) groups excluding carboxylic acids is 2. The largest absolute Gasteiger partial charge is 0.497 e. The van der Waals surface area contributed by atoms with Crippen molar-refractivity contribution in [2.45, 2.75) is 50.2 Å². The average Bonchev–Trinajstić information content (AvgIpc) is 2.56. The molecule has 2 amide bonds. The predicted molar refractivity (Wildman–Crippen MR) is 86.1 cm³/mol. The van der Waals surface area contributed by atoms with Gasteiger partial charge in [-0.25, -0.2) is 0 Å². The first-order valence-corrected chi connectivity index (χ1v) is 8.25. The molecular weight excluding hydrogens is 294 g/mol. The van der Waals surface area contributed by atoms with Crippen LogP contribution in [0.15, 0.2) is 24.3 Å². The standard InChI is InChI=1S/C17H23N3O3/c1-23-12-8-6-11(7-9-12)18-16(21)10-15-17(22)20-14-5-3-2-4-13(14)19-15/h6-9,13-15,19H,2-5,10H2,1H3,(H,18,21)(H,20,22)/p+1/t13-,14+,15+/m0/s1. The van der Waals surface area contributed by atoms with Crippen molar-refractivity contribution in [1.82, 2.24) is 5.32 Å². The molecule has 23 heavy (non-hydrogen) atoms. The molecular formula is C17H24N3O3+. The molecule has 124 valence electrons. The van der Waals surface area contributed by atoms with Crippen LogP contribution in [0.25, 0.3) is 0 Å². The van der Waals surface area contributed by atoms with E-state index in [1.54, 1.807) is 31.4 Å². The van der Waals surface area contributed by atoms with E-state index in [2.05, 4.69) is 16.0 Å². The van der Waals surface area contributed by atoms with Crippen molar-refractivity contribution in [2.75, 3.05) is 12.4 Å². The summed E-state index contributed by atoms with van der Waals surface area (Å²) in [4.78, 5) is 24.4. The van der Waals surface area contributed by atoms with Gasteiger partial charge in [-0.05, 0) is 37.1 Å². The number of benzene rings is 1. The fourth-order valence-corrected chi connectivity index (χ4v) is 3.49. The number of hydrogen-bond acceptors (Lipinski definition) is 3. The summed E-state index contributed by atoms with van der Waals surface area (Å²) in [7, 11) is 1.60. The molecule has 1 aromatic carbocycles. The highest BCUT2D eigenvalue weighted by molar-refractivity contribution is 5.95. The van der Waals surface area contributed by atoms with Crippen LogP contribution in [-0.4, -0.2) is 37.0 Å². The topological polar surface area (TPSA) is 84.0 Å². The van der Waals surface area contributed by atoms with E-state index < -0.39 is 0 Å². The van der Waals surface area contributed by atoms with Crippen molar-refractivity contribution >= 4 is 17.5 Å². The van der Waals surface area contributed by atoms with Gasteiger partial charge in [-0.3, -0.25) is 9.59 Å². The third-order valence-electron chi connectivity index (χ3n) is 4.74. The van der Waals surface area contributed by atoms with Gasteiger partial charge < -0.3 is 20.7 Å². The Morgan fingerprint density at radius 3 is 2.78 bits per heavy atom. The van der Waals surface area contributed by atoms with Gasteiger partial charge in [0.05, 0.1) is 19.6 Å². The van der Waals surface area contributed by atoms with Crippen LogP contribution in [-0.2, 0) is 9.59 Å². The van der Waals surface area contributed by atoms with Crippen molar-refractivity contribution in [3.8, 4) is 5.75 Å². The Hall–Kier alpha value is -2.08. The lowest BCUT2D eigenvalue weighted by atomic mass is 9.87. The molecule has 6 nitrogen and oxygen atoms in total. The van der Waals surface area contributed by atoms with Crippen LogP contribution in [0.2, 0.25) is 0 Å². The molecule has 1 saturated heterocycles. The van der Waals surface area contributed by atoms with Crippen LogP contribution in [0.3, 0.4) is 0 Å². The molecule has 0 radical (unpaired) electrons. The third-order valence-corrected chi connectivity index (χ3v) is 4.74. The minimum Gasteiger partial charge on any atom is -0.497 e. The number of fused-ring (bicyclic) bond motifs is 1. The number of rotatable bonds is 4. The van der Waals surface area contributed by atoms with Crippen molar-refractivity contribution in [2.24, 2.45) is 0 Å². The first-order chi connectivity index (χ1) is 11.2. The van der Waals surface area contributed by atoms with Gasteiger partial charge in [0, 0.05) is 12.1 Å². The fourth-order valence-electron chi connectivity index (χ4n) is 3.49. The van der Waals surface area contributed by atoms with E-state index in [1.807, 2.05) is 0 Å².